The molecule has 1 aliphatic heterocycles. The molecule has 1 heterocycles. The van der Waals surface area contributed by atoms with E-state index in [-0.39, 0.29) is 17.6 Å². The van der Waals surface area contributed by atoms with E-state index in [2.05, 4.69) is 17.9 Å². The molecule has 1 aliphatic rings. The Balaban J connectivity index is 2.28. The van der Waals surface area contributed by atoms with Crippen LogP contribution in [0.25, 0.3) is 0 Å². The lowest BCUT2D eigenvalue weighted by Gasteiger charge is -2.15. The van der Waals surface area contributed by atoms with Crippen molar-refractivity contribution in [3.8, 4) is 0 Å². The Hall–Kier alpha value is -0.750. The van der Waals surface area contributed by atoms with Gasteiger partial charge in [0.05, 0.1) is 13.2 Å². The zero-order chi connectivity index (χ0) is 12.0. The first-order valence-corrected chi connectivity index (χ1v) is 5.89. The summed E-state index contributed by atoms with van der Waals surface area (Å²) in [5.41, 5.74) is 0. The molecule has 0 aromatic carbocycles. The minimum Gasteiger partial charge on any atom is -0.464 e. The predicted molar refractivity (Wildman–Crippen MR) is 61.3 cm³/mol. The Labute approximate surface area is 100 Å². The summed E-state index contributed by atoms with van der Waals surface area (Å²) in [5, 5.41) is 2.48. The third-order valence-electron chi connectivity index (χ3n) is 2.33. The zero-order valence-corrected chi connectivity index (χ0v) is 10.2. The molecule has 1 saturated heterocycles. The van der Waals surface area contributed by atoms with Gasteiger partial charge < -0.3 is 14.8 Å². The van der Waals surface area contributed by atoms with Crippen molar-refractivity contribution >= 4 is 24.5 Å². The van der Waals surface area contributed by atoms with E-state index in [0.29, 0.717) is 13.2 Å². The second-order valence-corrected chi connectivity index (χ2v) is 4.16. The van der Waals surface area contributed by atoms with Gasteiger partial charge in [0.25, 0.3) is 0 Å². The van der Waals surface area contributed by atoms with Gasteiger partial charge in [-0.15, -0.1) is 0 Å². The molecule has 0 aromatic heterocycles. The second kappa shape index (κ2) is 6.75. The van der Waals surface area contributed by atoms with Crippen molar-refractivity contribution < 1.29 is 19.1 Å². The summed E-state index contributed by atoms with van der Waals surface area (Å²) in [6.07, 6.45) is 0.916. The first-order valence-electron chi connectivity index (χ1n) is 5.25. The molecule has 1 unspecified atom stereocenters. The zero-order valence-electron chi connectivity index (χ0n) is 9.27. The number of ether oxygens (including phenoxy) is 2. The van der Waals surface area contributed by atoms with Gasteiger partial charge in [-0.1, -0.05) is 0 Å². The van der Waals surface area contributed by atoms with Crippen LogP contribution in [0.15, 0.2) is 0 Å². The molecule has 0 aromatic rings. The van der Waals surface area contributed by atoms with Crippen molar-refractivity contribution in [1.29, 1.82) is 0 Å². The number of rotatable bonds is 5. The highest BCUT2D eigenvalue weighted by Gasteiger charge is 2.22. The molecule has 92 valence electrons. The molecule has 0 bridgehead atoms. The van der Waals surface area contributed by atoms with E-state index in [1.54, 1.807) is 0 Å². The molecule has 1 amide bonds. The largest absolute Gasteiger partial charge is 0.464 e. The van der Waals surface area contributed by atoms with Crippen molar-refractivity contribution in [2.24, 2.45) is 5.92 Å². The summed E-state index contributed by atoms with van der Waals surface area (Å²) >= 11 is 3.99. The van der Waals surface area contributed by atoms with Crippen LogP contribution in [0.3, 0.4) is 0 Å². The SMILES string of the molecule is CC(=O)N[C@@H](CS)C(=O)OCC1CCOC1. The molecule has 5 nitrogen and oxygen atoms in total. The number of thiol groups is 1. The number of carbonyl (C=O) groups excluding carboxylic acids is 2. The summed E-state index contributed by atoms with van der Waals surface area (Å²) in [5.74, 6) is -0.182. The fraction of sp³-hybridized carbons (Fsp3) is 0.800. The number of nitrogens with one attached hydrogen (secondary N) is 1. The fourth-order valence-corrected chi connectivity index (χ4v) is 1.68. The minimum atomic E-state index is -0.664. The van der Waals surface area contributed by atoms with Gasteiger partial charge in [-0.3, -0.25) is 4.79 Å². The van der Waals surface area contributed by atoms with Gasteiger partial charge in [0, 0.05) is 25.2 Å². The van der Waals surface area contributed by atoms with Crippen LogP contribution in [0.2, 0.25) is 0 Å². The lowest BCUT2D eigenvalue weighted by molar-refractivity contribution is -0.148. The highest BCUT2D eigenvalue weighted by molar-refractivity contribution is 7.80. The Morgan fingerprint density at radius 3 is 2.88 bits per heavy atom. The van der Waals surface area contributed by atoms with E-state index >= 15 is 0 Å². The maximum Gasteiger partial charge on any atom is 0.329 e. The van der Waals surface area contributed by atoms with Crippen LogP contribution < -0.4 is 5.32 Å². The number of hydrogen-bond acceptors (Lipinski definition) is 5. The normalized spacial score (nSPS) is 21.5. The fourth-order valence-electron chi connectivity index (χ4n) is 1.44. The quantitative estimate of drug-likeness (QED) is 0.530. The molecule has 6 heteroatoms. The Kier molecular flexibility index (Phi) is 5.62. The van der Waals surface area contributed by atoms with Gasteiger partial charge in [0.2, 0.25) is 5.91 Å². The van der Waals surface area contributed by atoms with Crippen LogP contribution in [0.1, 0.15) is 13.3 Å². The lowest BCUT2D eigenvalue weighted by Crippen LogP contribution is -2.42. The highest BCUT2D eigenvalue weighted by Crippen LogP contribution is 2.12. The molecule has 0 saturated carbocycles. The average Bonchev–Trinajstić information content (AvgIpc) is 2.75. The maximum atomic E-state index is 11.5. The van der Waals surface area contributed by atoms with Crippen LogP contribution in [0, 0.1) is 5.92 Å². The number of carbonyl (C=O) groups is 2. The molecular formula is C10H17NO4S. The Bertz CT molecular complexity index is 253. The van der Waals surface area contributed by atoms with Crippen molar-refractivity contribution in [2.45, 2.75) is 19.4 Å². The Morgan fingerprint density at radius 1 is 1.62 bits per heavy atom. The maximum absolute atomic E-state index is 11.5. The molecule has 16 heavy (non-hydrogen) atoms. The van der Waals surface area contributed by atoms with Crippen LogP contribution >= 0.6 is 12.6 Å². The highest BCUT2D eigenvalue weighted by atomic mass is 32.1. The van der Waals surface area contributed by atoms with Crippen molar-refractivity contribution in [1.82, 2.24) is 5.32 Å². The number of amides is 1. The van der Waals surface area contributed by atoms with Crippen molar-refractivity contribution in [3.05, 3.63) is 0 Å². The molecule has 0 radical (unpaired) electrons. The standard InChI is InChI=1S/C10H17NO4S/c1-7(12)11-9(6-16)10(13)15-5-8-2-3-14-4-8/h8-9,16H,2-6H2,1H3,(H,11,12)/t8?,9-/m0/s1. The molecule has 0 aliphatic carbocycles. The third kappa shape index (κ3) is 4.40. The average molecular weight is 247 g/mol. The predicted octanol–water partition coefficient (Wildman–Crippen LogP) is 0.000600. The van der Waals surface area contributed by atoms with E-state index in [1.807, 2.05) is 0 Å². The molecule has 1 fully saturated rings. The van der Waals surface area contributed by atoms with Gasteiger partial charge in [0.1, 0.15) is 6.04 Å². The van der Waals surface area contributed by atoms with Gasteiger partial charge in [-0.05, 0) is 6.42 Å². The van der Waals surface area contributed by atoms with Crippen LogP contribution in [-0.2, 0) is 19.1 Å². The summed E-state index contributed by atoms with van der Waals surface area (Å²) in [6, 6.07) is -0.664. The molecule has 0 spiro atoms. The van der Waals surface area contributed by atoms with Gasteiger partial charge in [-0.2, -0.15) is 12.6 Å². The van der Waals surface area contributed by atoms with Crippen molar-refractivity contribution in [3.63, 3.8) is 0 Å². The molecule has 1 rings (SSSR count). The monoisotopic (exact) mass is 247 g/mol. The van der Waals surface area contributed by atoms with E-state index in [4.69, 9.17) is 9.47 Å². The van der Waals surface area contributed by atoms with E-state index in [9.17, 15) is 9.59 Å². The summed E-state index contributed by atoms with van der Waals surface area (Å²) in [7, 11) is 0. The first-order chi connectivity index (χ1) is 7.63. The van der Waals surface area contributed by atoms with Crippen molar-refractivity contribution in [2.75, 3.05) is 25.6 Å². The topological polar surface area (TPSA) is 64.6 Å². The van der Waals surface area contributed by atoms with E-state index < -0.39 is 12.0 Å². The third-order valence-corrected chi connectivity index (χ3v) is 2.70. The minimum absolute atomic E-state index is 0.236. The van der Waals surface area contributed by atoms with Gasteiger partial charge in [0.15, 0.2) is 0 Å². The molecular weight excluding hydrogens is 230 g/mol. The molecule has 1 N–H and O–H groups in total. The van der Waals surface area contributed by atoms with E-state index in [0.717, 1.165) is 13.0 Å². The lowest BCUT2D eigenvalue weighted by atomic mass is 10.1. The number of esters is 1. The van der Waals surface area contributed by atoms with Crippen LogP contribution in [0.4, 0.5) is 0 Å². The molecule has 2 atom stereocenters. The second-order valence-electron chi connectivity index (χ2n) is 3.80. The van der Waals surface area contributed by atoms with Gasteiger partial charge in [-0.25, -0.2) is 4.79 Å². The van der Waals surface area contributed by atoms with Crippen LogP contribution in [0.5, 0.6) is 0 Å². The summed E-state index contributed by atoms with van der Waals surface area (Å²) in [4.78, 5) is 22.3. The van der Waals surface area contributed by atoms with E-state index in [1.165, 1.54) is 6.92 Å². The smallest absolute Gasteiger partial charge is 0.329 e. The summed E-state index contributed by atoms with van der Waals surface area (Å²) in [6.45, 7) is 3.07. The van der Waals surface area contributed by atoms with Gasteiger partial charge >= 0.3 is 5.97 Å². The first kappa shape index (κ1) is 13.3. The number of hydrogen-bond donors (Lipinski definition) is 2. The van der Waals surface area contributed by atoms with Crippen LogP contribution in [-0.4, -0.2) is 43.5 Å². The Morgan fingerprint density at radius 2 is 2.38 bits per heavy atom. The summed E-state index contributed by atoms with van der Waals surface area (Å²) < 4.78 is 10.3.